The van der Waals surface area contributed by atoms with Gasteiger partial charge in [-0.3, -0.25) is 14.9 Å². The number of benzene rings is 1. The number of rotatable bonds is 3. The minimum Gasteiger partial charge on any atom is -0.365 e. The largest absolute Gasteiger partial charge is 0.365 e. The van der Waals surface area contributed by atoms with Crippen LogP contribution in [0.15, 0.2) is 23.8 Å². The first-order valence-electron chi connectivity index (χ1n) is 4.32. The zero-order chi connectivity index (χ0) is 13.0. The number of nitriles is 1. The first-order valence-corrected chi connectivity index (χ1v) is 4.32. The fourth-order valence-corrected chi connectivity index (χ4v) is 1.13. The van der Waals surface area contributed by atoms with Gasteiger partial charge in [0.1, 0.15) is 17.5 Å². The van der Waals surface area contributed by atoms with Gasteiger partial charge in [0.2, 0.25) is 0 Å². The maximum absolute atomic E-state index is 13.4. The molecule has 0 aromatic heterocycles. The van der Waals surface area contributed by atoms with Crippen LogP contribution in [0, 0.1) is 27.3 Å². The molecule has 2 N–H and O–H groups in total. The summed E-state index contributed by atoms with van der Waals surface area (Å²) in [6.45, 7) is 0. The summed E-state index contributed by atoms with van der Waals surface area (Å²) in [4.78, 5) is 20.6. The van der Waals surface area contributed by atoms with Gasteiger partial charge in [0, 0.05) is 6.07 Å². The molecule has 6 nitrogen and oxygen atoms in total. The van der Waals surface area contributed by atoms with Crippen molar-refractivity contribution in [3.63, 3.8) is 0 Å². The smallest absolute Gasteiger partial charge is 0.279 e. The van der Waals surface area contributed by atoms with Crippen LogP contribution in [0.3, 0.4) is 0 Å². The third kappa shape index (κ3) is 2.63. The molecule has 0 aliphatic heterocycles. The average Bonchev–Trinajstić information content (AvgIpc) is 2.26. The van der Waals surface area contributed by atoms with Gasteiger partial charge in [-0.1, -0.05) is 6.07 Å². The van der Waals surface area contributed by atoms with Crippen LogP contribution in [0.4, 0.5) is 10.1 Å². The summed E-state index contributed by atoms with van der Waals surface area (Å²) in [5.74, 6) is -1.99. The quantitative estimate of drug-likeness (QED) is 0.366. The predicted molar refractivity (Wildman–Crippen MR) is 55.8 cm³/mol. The molecule has 1 aromatic rings. The lowest BCUT2D eigenvalue weighted by Crippen LogP contribution is -2.12. The summed E-state index contributed by atoms with van der Waals surface area (Å²) in [6, 6.07) is 4.64. The number of carbonyl (C=O) groups excluding carboxylic acids is 1. The summed E-state index contributed by atoms with van der Waals surface area (Å²) in [5, 5.41) is 19.2. The molecule has 0 saturated carbocycles. The molecule has 0 aliphatic rings. The second-order valence-corrected chi connectivity index (χ2v) is 2.96. The Labute approximate surface area is 94.9 Å². The summed E-state index contributed by atoms with van der Waals surface area (Å²) >= 11 is 0. The van der Waals surface area contributed by atoms with E-state index in [-0.39, 0.29) is 0 Å². The fraction of sp³-hybridized carbons (Fsp3) is 0. The van der Waals surface area contributed by atoms with Crippen molar-refractivity contribution in [3.05, 3.63) is 45.3 Å². The maximum Gasteiger partial charge on any atom is 0.279 e. The number of hydrogen-bond donors (Lipinski definition) is 1. The van der Waals surface area contributed by atoms with E-state index in [1.807, 2.05) is 0 Å². The number of nitro groups is 1. The third-order valence-electron chi connectivity index (χ3n) is 1.90. The number of nitrogens with two attached hydrogens (primary N) is 1. The molecule has 1 amide bonds. The number of amides is 1. The maximum atomic E-state index is 13.4. The van der Waals surface area contributed by atoms with E-state index in [0.29, 0.717) is 0 Å². The van der Waals surface area contributed by atoms with Crippen LogP contribution in [-0.2, 0) is 4.79 Å². The van der Waals surface area contributed by atoms with E-state index in [1.54, 1.807) is 0 Å². The molecule has 1 rings (SSSR count). The second kappa shape index (κ2) is 4.85. The molecule has 0 unspecified atom stereocenters. The monoisotopic (exact) mass is 235 g/mol. The van der Waals surface area contributed by atoms with Crippen molar-refractivity contribution >= 4 is 17.7 Å². The highest BCUT2D eigenvalue weighted by Crippen LogP contribution is 2.23. The zero-order valence-electron chi connectivity index (χ0n) is 8.38. The molecule has 7 heteroatoms. The molecule has 1 aromatic carbocycles. The van der Waals surface area contributed by atoms with Crippen molar-refractivity contribution in [3.8, 4) is 6.07 Å². The summed E-state index contributed by atoms with van der Waals surface area (Å²) in [6.07, 6.45) is 0.760. The molecule has 0 saturated heterocycles. The highest BCUT2D eigenvalue weighted by atomic mass is 19.1. The van der Waals surface area contributed by atoms with E-state index >= 15 is 0 Å². The Hall–Kier alpha value is -2.75. The van der Waals surface area contributed by atoms with E-state index in [2.05, 4.69) is 0 Å². The van der Waals surface area contributed by atoms with Gasteiger partial charge in [-0.05, 0) is 12.1 Å². The number of nitro benzene ring substituents is 1. The van der Waals surface area contributed by atoms with Crippen molar-refractivity contribution in [1.29, 1.82) is 5.26 Å². The standard InChI is InChI=1S/C10H6FN3O3/c11-8-2-1-3-9(14(16)17)7(8)4-6(5-12)10(13)15/h1-4H,(H2,13,15). The van der Waals surface area contributed by atoms with E-state index < -0.39 is 33.5 Å². The number of carbonyl (C=O) groups is 1. The van der Waals surface area contributed by atoms with Crippen molar-refractivity contribution in [2.24, 2.45) is 5.73 Å². The summed E-state index contributed by atoms with van der Waals surface area (Å²) < 4.78 is 13.4. The van der Waals surface area contributed by atoms with Crippen LogP contribution < -0.4 is 5.73 Å². The SMILES string of the molecule is N#CC(=Cc1c(F)cccc1[N+](=O)[O-])C(N)=O. The second-order valence-electron chi connectivity index (χ2n) is 2.96. The van der Waals surface area contributed by atoms with Gasteiger partial charge in [-0.2, -0.15) is 5.26 Å². The number of nitrogens with zero attached hydrogens (tertiary/aromatic N) is 2. The van der Waals surface area contributed by atoms with Gasteiger partial charge < -0.3 is 5.73 Å². The molecule has 0 aliphatic carbocycles. The molecule has 0 heterocycles. The van der Waals surface area contributed by atoms with E-state index in [0.717, 1.165) is 24.3 Å². The molecular formula is C10H6FN3O3. The molecule has 0 spiro atoms. The number of hydrogen-bond acceptors (Lipinski definition) is 4. The van der Waals surface area contributed by atoms with Crippen molar-refractivity contribution in [2.75, 3.05) is 0 Å². The molecular weight excluding hydrogens is 229 g/mol. The first kappa shape index (κ1) is 12.3. The van der Waals surface area contributed by atoms with E-state index in [4.69, 9.17) is 11.0 Å². The average molecular weight is 235 g/mol. The molecule has 86 valence electrons. The van der Waals surface area contributed by atoms with E-state index in [9.17, 15) is 19.3 Å². The summed E-state index contributed by atoms with van der Waals surface area (Å²) in [7, 11) is 0. The lowest BCUT2D eigenvalue weighted by molar-refractivity contribution is -0.385. The molecule has 0 atom stereocenters. The molecule has 0 bridgehead atoms. The highest BCUT2D eigenvalue weighted by Gasteiger charge is 2.17. The van der Waals surface area contributed by atoms with Crippen molar-refractivity contribution in [1.82, 2.24) is 0 Å². The van der Waals surface area contributed by atoms with Crippen LogP contribution >= 0.6 is 0 Å². The number of halogens is 1. The molecule has 0 fully saturated rings. The van der Waals surface area contributed by atoms with Crippen LogP contribution in [0.25, 0.3) is 6.08 Å². The van der Waals surface area contributed by atoms with Gasteiger partial charge in [0.25, 0.3) is 11.6 Å². The lowest BCUT2D eigenvalue weighted by Gasteiger charge is -1.99. The van der Waals surface area contributed by atoms with Crippen LogP contribution in [0.1, 0.15) is 5.56 Å². The Morgan fingerprint density at radius 1 is 1.59 bits per heavy atom. The zero-order valence-corrected chi connectivity index (χ0v) is 8.38. The van der Waals surface area contributed by atoms with Gasteiger partial charge in [0.05, 0.1) is 10.5 Å². The number of primary amides is 1. The van der Waals surface area contributed by atoms with Crippen LogP contribution in [0.5, 0.6) is 0 Å². The Morgan fingerprint density at radius 2 is 2.24 bits per heavy atom. The molecule has 17 heavy (non-hydrogen) atoms. The fourth-order valence-electron chi connectivity index (χ4n) is 1.13. The van der Waals surface area contributed by atoms with Gasteiger partial charge >= 0.3 is 0 Å². The lowest BCUT2D eigenvalue weighted by atomic mass is 10.1. The summed E-state index contributed by atoms with van der Waals surface area (Å²) in [5.41, 5.74) is 3.30. The molecule has 0 radical (unpaired) electrons. The first-order chi connectivity index (χ1) is 7.97. The van der Waals surface area contributed by atoms with Crippen LogP contribution in [-0.4, -0.2) is 10.8 Å². The predicted octanol–water partition coefficient (Wildman–Crippen LogP) is 1.13. The van der Waals surface area contributed by atoms with Gasteiger partial charge in [-0.15, -0.1) is 0 Å². The van der Waals surface area contributed by atoms with Crippen molar-refractivity contribution < 1.29 is 14.1 Å². The minimum absolute atomic E-state index is 0.451. The van der Waals surface area contributed by atoms with Crippen LogP contribution in [0.2, 0.25) is 0 Å². The Bertz CT molecular complexity index is 560. The Balaban J connectivity index is 3.46. The third-order valence-corrected chi connectivity index (χ3v) is 1.90. The normalized spacial score (nSPS) is 10.7. The Kier molecular flexibility index (Phi) is 3.51. The minimum atomic E-state index is -1.08. The topological polar surface area (TPSA) is 110 Å². The van der Waals surface area contributed by atoms with Gasteiger partial charge in [0.15, 0.2) is 0 Å². The van der Waals surface area contributed by atoms with E-state index in [1.165, 1.54) is 6.07 Å². The van der Waals surface area contributed by atoms with Gasteiger partial charge in [-0.25, -0.2) is 4.39 Å². The highest BCUT2D eigenvalue weighted by molar-refractivity contribution is 6.01. The van der Waals surface area contributed by atoms with Crippen molar-refractivity contribution in [2.45, 2.75) is 0 Å². The Morgan fingerprint density at radius 3 is 2.71 bits per heavy atom.